The maximum atomic E-state index is 11.1. The molecule has 1 rings (SSSR count). The minimum Gasteiger partial charge on any atom is -0.504 e. The van der Waals surface area contributed by atoms with E-state index in [0.717, 1.165) is 41.2 Å². The van der Waals surface area contributed by atoms with Gasteiger partial charge in [-0.25, -0.2) is 4.79 Å². The summed E-state index contributed by atoms with van der Waals surface area (Å²) in [5.41, 5.74) is 2.06. The molecule has 0 saturated carbocycles. The van der Waals surface area contributed by atoms with E-state index < -0.39 is 6.16 Å². The summed E-state index contributed by atoms with van der Waals surface area (Å²) >= 11 is 4.37. The van der Waals surface area contributed by atoms with Gasteiger partial charge in [-0.05, 0) is 76.4 Å². The Morgan fingerprint density at radius 3 is 1.69 bits per heavy atom. The van der Waals surface area contributed by atoms with Crippen LogP contribution in [-0.2, 0) is 12.8 Å². The van der Waals surface area contributed by atoms with Gasteiger partial charge in [0.2, 0.25) is 0 Å². The number of carbonyl (C=O) groups is 1. The molecule has 0 aliphatic rings. The smallest absolute Gasteiger partial charge is 0.504 e. The summed E-state index contributed by atoms with van der Waals surface area (Å²) in [7, 11) is 0. The van der Waals surface area contributed by atoms with Crippen LogP contribution >= 0.6 is 45.2 Å². The van der Waals surface area contributed by atoms with Crippen molar-refractivity contribution in [3.05, 3.63) is 18.3 Å². The lowest BCUT2D eigenvalue weighted by atomic mass is 9.95. The predicted molar refractivity (Wildman–Crippen MR) is 136 cm³/mol. The highest BCUT2D eigenvalue weighted by Gasteiger charge is 2.23. The van der Waals surface area contributed by atoms with Crippen LogP contribution < -0.4 is 4.74 Å². The van der Waals surface area contributed by atoms with Crippen molar-refractivity contribution >= 4 is 51.3 Å². The molecule has 0 saturated heterocycles. The Kier molecular flexibility index (Phi) is 14.3. The van der Waals surface area contributed by atoms with Gasteiger partial charge in [0.25, 0.3) is 0 Å². The van der Waals surface area contributed by atoms with Crippen LogP contribution in [0, 0.1) is 7.14 Å². The lowest BCUT2D eigenvalue weighted by molar-refractivity contribution is 0.142. The molecule has 1 aromatic rings. The summed E-state index contributed by atoms with van der Waals surface area (Å²) in [6.07, 6.45) is 14.8. The van der Waals surface area contributed by atoms with Gasteiger partial charge >= 0.3 is 6.16 Å². The van der Waals surface area contributed by atoms with Crippen LogP contribution in [0.25, 0.3) is 0 Å². The van der Waals surface area contributed by atoms with Crippen LogP contribution in [0.5, 0.6) is 11.5 Å². The van der Waals surface area contributed by atoms with Crippen molar-refractivity contribution in [2.24, 2.45) is 0 Å². The second-order valence-electron chi connectivity index (χ2n) is 7.67. The van der Waals surface area contributed by atoms with Gasteiger partial charge in [-0.3, -0.25) is 0 Å². The zero-order valence-corrected chi connectivity index (χ0v) is 22.2. The first-order valence-electron chi connectivity index (χ1n) is 11.1. The van der Waals surface area contributed by atoms with Crippen molar-refractivity contribution in [2.75, 3.05) is 0 Å². The fraction of sp³-hybridized carbons (Fsp3) is 0.696. The molecule has 166 valence electrons. The summed E-state index contributed by atoms with van der Waals surface area (Å²) in [4.78, 5) is 11.1. The normalized spacial score (nSPS) is 11.0. The Bertz CT molecular complexity index is 632. The minimum absolute atomic E-state index is 0.0201. The van der Waals surface area contributed by atoms with Gasteiger partial charge in [-0.1, -0.05) is 78.1 Å². The van der Waals surface area contributed by atoms with Crippen LogP contribution in [0.1, 0.15) is 102 Å². The van der Waals surface area contributed by atoms with Crippen molar-refractivity contribution in [3.63, 3.8) is 0 Å². The van der Waals surface area contributed by atoms with Gasteiger partial charge in [0.1, 0.15) is 0 Å². The number of halogens is 2. The maximum absolute atomic E-state index is 11.1. The Balaban J connectivity index is 2.92. The van der Waals surface area contributed by atoms with Crippen LogP contribution in [0.3, 0.4) is 0 Å². The van der Waals surface area contributed by atoms with Crippen LogP contribution in [0.4, 0.5) is 4.79 Å². The second kappa shape index (κ2) is 15.5. The molecule has 6 heteroatoms. The molecule has 0 heterocycles. The number of carboxylic acid groups (broad SMARTS) is 1. The highest BCUT2D eigenvalue weighted by atomic mass is 127. The van der Waals surface area contributed by atoms with E-state index in [4.69, 9.17) is 9.84 Å². The second-order valence-corrected chi connectivity index (χ2v) is 9.82. The van der Waals surface area contributed by atoms with E-state index in [1.807, 2.05) is 0 Å². The number of phenolic OH excluding ortho intramolecular Hbond substituents is 1. The van der Waals surface area contributed by atoms with E-state index in [1.165, 1.54) is 63.4 Å². The fourth-order valence-electron chi connectivity index (χ4n) is 3.62. The van der Waals surface area contributed by atoms with E-state index in [-0.39, 0.29) is 11.5 Å². The van der Waals surface area contributed by atoms with Crippen molar-refractivity contribution in [3.8, 4) is 11.5 Å². The quantitative estimate of drug-likeness (QED) is 0.0884. The van der Waals surface area contributed by atoms with Crippen molar-refractivity contribution in [1.29, 1.82) is 0 Å². The summed E-state index contributed by atoms with van der Waals surface area (Å²) < 4.78 is 6.65. The Morgan fingerprint density at radius 1 is 0.759 bits per heavy atom. The van der Waals surface area contributed by atoms with Gasteiger partial charge in [-0.15, -0.1) is 0 Å². The average molecular weight is 630 g/mol. The number of phenols is 1. The molecule has 0 spiro atoms. The van der Waals surface area contributed by atoms with E-state index in [1.54, 1.807) is 0 Å². The zero-order chi connectivity index (χ0) is 21.6. The van der Waals surface area contributed by atoms with E-state index in [9.17, 15) is 9.90 Å². The molecule has 0 atom stereocenters. The third-order valence-electron chi connectivity index (χ3n) is 5.27. The van der Waals surface area contributed by atoms with Gasteiger partial charge in [0, 0.05) is 9.13 Å². The lowest BCUT2D eigenvalue weighted by Gasteiger charge is -2.18. The Labute approximate surface area is 203 Å². The summed E-state index contributed by atoms with van der Waals surface area (Å²) in [5, 5.41) is 19.9. The number of unbranched alkanes of at least 4 members (excludes halogenated alkanes) is 10. The standard InChI is InChI=1S/C23H36I2O4/c1-3-5-7-9-11-13-15-17-18(16-14-12-10-8-6-4-2)21(26)22(29-23(27)28)20(25)19(17)24/h26H,3-16H2,1-2H3,(H,27,28). The van der Waals surface area contributed by atoms with E-state index in [2.05, 4.69) is 59.0 Å². The monoisotopic (exact) mass is 630 g/mol. The van der Waals surface area contributed by atoms with Gasteiger partial charge < -0.3 is 14.9 Å². The van der Waals surface area contributed by atoms with E-state index in [0.29, 0.717) is 3.57 Å². The molecule has 0 bridgehead atoms. The lowest BCUT2D eigenvalue weighted by Crippen LogP contribution is -2.09. The predicted octanol–water partition coefficient (Wildman–Crippen LogP) is 8.46. The topological polar surface area (TPSA) is 66.8 Å². The zero-order valence-electron chi connectivity index (χ0n) is 17.9. The highest BCUT2D eigenvalue weighted by molar-refractivity contribution is 14.1. The van der Waals surface area contributed by atoms with Crippen molar-refractivity contribution in [2.45, 2.75) is 104 Å². The molecular formula is C23H36I2O4. The number of hydrogen-bond donors (Lipinski definition) is 2. The third kappa shape index (κ3) is 9.61. The van der Waals surface area contributed by atoms with Gasteiger partial charge in [0.05, 0.1) is 3.57 Å². The van der Waals surface area contributed by atoms with E-state index >= 15 is 0 Å². The molecule has 29 heavy (non-hydrogen) atoms. The summed E-state index contributed by atoms with van der Waals surface area (Å²) in [5.74, 6) is 0.113. The number of rotatable bonds is 15. The molecular weight excluding hydrogens is 594 g/mol. The maximum Gasteiger partial charge on any atom is 0.511 e. The highest BCUT2D eigenvalue weighted by Crippen LogP contribution is 2.42. The van der Waals surface area contributed by atoms with Crippen molar-refractivity contribution in [1.82, 2.24) is 0 Å². The largest absolute Gasteiger partial charge is 0.511 e. The summed E-state index contributed by atoms with van der Waals surface area (Å²) in [6, 6.07) is 0. The number of aromatic hydroxyl groups is 1. The molecule has 0 unspecified atom stereocenters. The number of hydrogen-bond acceptors (Lipinski definition) is 3. The van der Waals surface area contributed by atoms with Crippen LogP contribution in [0.15, 0.2) is 0 Å². The number of ether oxygens (including phenoxy) is 1. The van der Waals surface area contributed by atoms with Crippen molar-refractivity contribution < 1.29 is 19.7 Å². The molecule has 0 amide bonds. The van der Waals surface area contributed by atoms with Crippen LogP contribution in [-0.4, -0.2) is 16.4 Å². The number of benzene rings is 1. The first-order valence-corrected chi connectivity index (χ1v) is 13.2. The third-order valence-corrected chi connectivity index (χ3v) is 8.52. The van der Waals surface area contributed by atoms with Crippen LogP contribution in [0.2, 0.25) is 0 Å². The SMILES string of the molecule is CCCCCCCCc1c(O)c(OC(=O)O)c(I)c(I)c1CCCCCCCC. The molecule has 0 aliphatic heterocycles. The Morgan fingerprint density at radius 2 is 1.21 bits per heavy atom. The fourth-order valence-corrected chi connectivity index (χ4v) is 5.15. The average Bonchev–Trinajstić information content (AvgIpc) is 2.69. The molecule has 2 N–H and O–H groups in total. The summed E-state index contributed by atoms with van der Waals surface area (Å²) in [6.45, 7) is 4.44. The molecule has 0 radical (unpaired) electrons. The first-order chi connectivity index (χ1) is 13.9. The molecule has 1 aromatic carbocycles. The molecule has 0 aliphatic carbocycles. The molecule has 0 aromatic heterocycles. The van der Waals surface area contributed by atoms with Gasteiger partial charge in [0.15, 0.2) is 11.5 Å². The minimum atomic E-state index is -1.39. The Hall–Kier alpha value is -0.250. The molecule has 0 fully saturated rings. The first kappa shape index (κ1) is 26.8. The van der Waals surface area contributed by atoms with Gasteiger partial charge in [-0.2, -0.15) is 0 Å². The molecule has 4 nitrogen and oxygen atoms in total.